The molecule has 4 nitrogen and oxygen atoms in total. The summed E-state index contributed by atoms with van der Waals surface area (Å²) in [4.78, 5) is 8.27. The highest BCUT2D eigenvalue weighted by Gasteiger charge is 2.24. The Morgan fingerprint density at radius 3 is 2.64 bits per heavy atom. The molecule has 0 radical (unpaired) electrons. The first-order valence-electron chi connectivity index (χ1n) is 3.68. The average molecular weight is 150 g/mol. The van der Waals surface area contributed by atoms with Crippen molar-refractivity contribution >= 4 is 5.82 Å². The van der Waals surface area contributed by atoms with Gasteiger partial charge in [-0.15, -0.1) is 0 Å². The van der Waals surface area contributed by atoms with E-state index in [2.05, 4.69) is 15.4 Å². The Hall–Kier alpha value is -1.16. The largest absolute Gasteiger partial charge is 0.307 e. The van der Waals surface area contributed by atoms with Crippen molar-refractivity contribution in [1.82, 2.24) is 9.97 Å². The van der Waals surface area contributed by atoms with Gasteiger partial charge in [-0.3, -0.25) is 4.98 Å². The fourth-order valence-corrected chi connectivity index (χ4v) is 1.00. The molecule has 0 saturated heterocycles. The van der Waals surface area contributed by atoms with Crippen molar-refractivity contribution in [3.8, 4) is 0 Å². The SMILES string of the molecule is NNc1cnc(C2CC2)cn1. The molecule has 0 unspecified atom stereocenters. The molecule has 1 aromatic heterocycles. The van der Waals surface area contributed by atoms with Gasteiger partial charge in [-0.1, -0.05) is 0 Å². The number of nitrogen functional groups attached to an aromatic ring is 1. The summed E-state index contributed by atoms with van der Waals surface area (Å²) in [6, 6.07) is 0. The summed E-state index contributed by atoms with van der Waals surface area (Å²) in [6.07, 6.45) is 5.95. The van der Waals surface area contributed by atoms with E-state index in [1.165, 1.54) is 12.8 Å². The maximum atomic E-state index is 5.14. The smallest absolute Gasteiger partial charge is 0.158 e. The lowest BCUT2D eigenvalue weighted by Crippen LogP contribution is -2.08. The molecule has 0 spiro atoms. The van der Waals surface area contributed by atoms with Gasteiger partial charge in [0.2, 0.25) is 0 Å². The number of hydrogen-bond donors (Lipinski definition) is 2. The van der Waals surface area contributed by atoms with Gasteiger partial charge in [0.05, 0.1) is 18.1 Å². The highest BCUT2D eigenvalue weighted by atomic mass is 15.3. The monoisotopic (exact) mass is 150 g/mol. The number of aromatic nitrogens is 2. The minimum atomic E-state index is 0.620. The molecule has 0 aliphatic heterocycles. The summed E-state index contributed by atoms with van der Waals surface area (Å²) < 4.78 is 0. The molecule has 3 N–H and O–H groups in total. The van der Waals surface area contributed by atoms with Crippen molar-refractivity contribution in [1.29, 1.82) is 0 Å². The summed E-state index contributed by atoms with van der Waals surface area (Å²) in [5, 5.41) is 0. The quantitative estimate of drug-likeness (QED) is 0.479. The lowest BCUT2D eigenvalue weighted by atomic mass is 10.3. The molecule has 1 aliphatic carbocycles. The Kier molecular flexibility index (Phi) is 1.47. The predicted octanol–water partition coefficient (Wildman–Crippen LogP) is 0.640. The third-order valence-electron chi connectivity index (χ3n) is 1.82. The van der Waals surface area contributed by atoms with Gasteiger partial charge in [-0.25, -0.2) is 10.8 Å². The molecule has 0 bridgehead atoms. The van der Waals surface area contributed by atoms with Gasteiger partial charge < -0.3 is 5.43 Å². The van der Waals surface area contributed by atoms with Crippen molar-refractivity contribution < 1.29 is 0 Å². The maximum absolute atomic E-state index is 5.14. The second kappa shape index (κ2) is 2.47. The number of rotatable bonds is 2. The lowest BCUT2D eigenvalue weighted by Gasteiger charge is -1.98. The summed E-state index contributed by atoms with van der Waals surface area (Å²) in [5.41, 5.74) is 3.53. The van der Waals surface area contributed by atoms with Crippen LogP contribution in [0, 0.1) is 0 Å². The Labute approximate surface area is 64.8 Å². The number of nitrogens with one attached hydrogen (secondary N) is 1. The topological polar surface area (TPSA) is 63.8 Å². The zero-order valence-electron chi connectivity index (χ0n) is 6.12. The zero-order valence-corrected chi connectivity index (χ0v) is 6.12. The van der Waals surface area contributed by atoms with Gasteiger partial charge in [0, 0.05) is 5.92 Å². The molecule has 1 heterocycles. The Morgan fingerprint density at radius 1 is 1.36 bits per heavy atom. The first kappa shape index (κ1) is 6.54. The van der Waals surface area contributed by atoms with E-state index in [9.17, 15) is 0 Å². The van der Waals surface area contributed by atoms with Crippen molar-refractivity contribution in [3.63, 3.8) is 0 Å². The molecule has 2 rings (SSSR count). The van der Waals surface area contributed by atoms with Crippen LogP contribution in [0.4, 0.5) is 5.82 Å². The third kappa shape index (κ3) is 1.30. The third-order valence-corrected chi connectivity index (χ3v) is 1.82. The fourth-order valence-electron chi connectivity index (χ4n) is 1.00. The van der Waals surface area contributed by atoms with E-state index in [1.807, 2.05) is 0 Å². The van der Waals surface area contributed by atoms with Crippen LogP contribution in [0.3, 0.4) is 0 Å². The first-order chi connectivity index (χ1) is 5.40. The number of anilines is 1. The fraction of sp³-hybridized carbons (Fsp3) is 0.429. The molecule has 0 atom stereocenters. The molecule has 11 heavy (non-hydrogen) atoms. The van der Waals surface area contributed by atoms with E-state index >= 15 is 0 Å². The molecular formula is C7H10N4. The van der Waals surface area contributed by atoms with Crippen LogP contribution < -0.4 is 11.3 Å². The van der Waals surface area contributed by atoms with Crippen LogP contribution in [-0.4, -0.2) is 9.97 Å². The average Bonchev–Trinajstić information content (AvgIpc) is 2.87. The van der Waals surface area contributed by atoms with Crippen LogP contribution >= 0.6 is 0 Å². The Bertz CT molecular complexity index is 239. The van der Waals surface area contributed by atoms with Gasteiger partial charge in [0.25, 0.3) is 0 Å². The molecular weight excluding hydrogens is 140 g/mol. The zero-order chi connectivity index (χ0) is 7.68. The molecule has 1 fully saturated rings. The molecule has 1 aliphatic rings. The molecule has 58 valence electrons. The van der Waals surface area contributed by atoms with Crippen molar-refractivity contribution in [2.45, 2.75) is 18.8 Å². The van der Waals surface area contributed by atoms with Crippen LogP contribution in [0.5, 0.6) is 0 Å². The van der Waals surface area contributed by atoms with Crippen molar-refractivity contribution in [2.75, 3.05) is 5.43 Å². The summed E-state index contributed by atoms with van der Waals surface area (Å²) in [5.74, 6) is 6.42. The maximum Gasteiger partial charge on any atom is 0.158 e. The van der Waals surface area contributed by atoms with E-state index in [-0.39, 0.29) is 0 Å². The van der Waals surface area contributed by atoms with E-state index in [4.69, 9.17) is 5.84 Å². The van der Waals surface area contributed by atoms with Gasteiger partial charge in [0.15, 0.2) is 5.82 Å². The standard InChI is InChI=1S/C7H10N4/c8-11-7-4-9-6(3-10-7)5-1-2-5/h3-5H,1-2,8H2,(H,10,11). The minimum Gasteiger partial charge on any atom is -0.307 e. The number of nitrogens with two attached hydrogens (primary N) is 1. The lowest BCUT2D eigenvalue weighted by molar-refractivity contribution is 0.985. The van der Waals surface area contributed by atoms with Crippen molar-refractivity contribution in [3.05, 3.63) is 18.1 Å². The van der Waals surface area contributed by atoms with Gasteiger partial charge in [-0.2, -0.15) is 0 Å². The van der Waals surface area contributed by atoms with Crippen LogP contribution in [0.15, 0.2) is 12.4 Å². The normalized spacial score (nSPS) is 16.5. The first-order valence-corrected chi connectivity index (χ1v) is 3.68. The van der Waals surface area contributed by atoms with E-state index in [0.717, 1.165) is 5.69 Å². The molecule has 0 amide bonds. The molecule has 1 aromatic rings. The number of nitrogens with zero attached hydrogens (tertiary/aromatic N) is 2. The second-order valence-electron chi connectivity index (χ2n) is 2.75. The predicted molar refractivity (Wildman–Crippen MR) is 41.8 cm³/mol. The highest BCUT2D eigenvalue weighted by molar-refractivity contribution is 5.29. The second-order valence-corrected chi connectivity index (χ2v) is 2.75. The van der Waals surface area contributed by atoms with E-state index in [1.54, 1.807) is 12.4 Å². The molecule has 0 aromatic carbocycles. The number of hydrogen-bond acceptors (Lipinski definition) is 4. The van der Waals surface area contributed by atoms with Gasteiger partial charge in [0.1, 0.15) is 0 Å². The molecule has 4 heteroatoms. The Morgan fingerprint density at radius 2 is 2.18 bits per heavy atom. The molecule has 1 saturated carbocycles. The minimum absolute atomic E-state index is 0.620. The van der Waals surface area contributed by atoms with Crippen molar-refractivity contribution in [2.24, 2.45) is 5.84 Å². The van der Waals surface area contributed by atoms with E-state index < -0.39 is 0 Å². The van der Waals surface area contributed by atoms with Crippen LogP contribution in [0.2, 0.25) is 0 Å². The van der Waals surface area contributed by atoms with Crippen LogP contribution in [0.25, 0.3) is 0 Å². The van der Waals surface area contributed by atoms with Gasteiger partial charge in [-0.05, 0) is 12.8 Å². The van der Waals surface area contributed by atoms with Crippen LogP contribution in [-0.2, 0) is 0 Å². The summed E-state index contributed by atoms with van der Waals surface area (Å²) in [6.45, 7) is 0. The Balaban J connectivity index is 2.19. The highest BCUT2D eigenvalue weighted by Crippen LogP contribution is 2.38. The summed E-state index contributed by atoms with van der Waals surface area (Å²) >= 11 is 0. The van der Waals surface area contributed by atoms with Crippen LogP contribution in [0.1, 0.15) is 24.5 Å². The number of hydrazine groups is 1. The van der Waals surface area contributed by atoms with Gasteiger partial charge >= 0.3 is 0 Å². The van der Waals surface area contributed by atoms with E-state index in [0.29, 0.717) is 11.7 Å². The summed E-state index contributed by atoms with van der Waals surface area (Å²) in [7, 11) is 0.